The van der Waals surface area contributed by atoms with Crippen LogP contribution in [0.3, 0.4) is 0 Å². The number of hydrogen-bond acceptors (Lipinski definition) is 3. The van der Waals surface area contributed by atoms with Crippen molar-refractivity contribution in [2.45, 2.75) is 72.5 Å². The first-order valence-electron chi connectivity index (χ1n) is 12.7. The number of amides is 2. The minimum atomic E-state index is 0.0289. The maximum Gasteiger partial charge on any atom is 0.242 e. The van der Waals surface area contributed by atoms with Crippen LogP contribution in [0.1, 0.15) is 64.6 Å². The van der Waals surface area contributed by atoms with Gasteiger partial charge in [0.2, 0.25) is 11.8 Å². The summed E-state index contributed by atoms with van der Waals surface area (Å²) in [6.07, 6.45) is 5.75. The minimum Gasteiger partial charge on any atom is -0.497 e. The van der Waals surface area contributed by atoms with Crippen LogP contribution in [0.4, 0.5) is 0 Å². The molecule has 0 spiro atoms. The van der Waals surface area contributed by atoms with E-state index in [1.165, 1.54) is 0 Å². The molecule has 3 rings (SSSR count). The van der Waals surface area contributed by atoms with E-state index < -0.39 is 0 Å². The lowest BCUT2D eigenvalue weighted by Crippen LogP contribution is -2.46. The highest BCUT2D eigenvalue weighted by molar-refractivity contribution is 5.87. The molecular weight excluding hydrogens is 426 g/mol. The molecule has 1 heterocycles. The van der Waals surface area contributed by atoms with Crippen molar-refractivity contribution in [3.8, 4) is 5.75 Å². The molecule has 1 aromatic carbocycles. The van der Waals surface area contributed by atoms with Crippen LogP contribution < -0.4 is 4.74 Å². The Morgan fingerprint density at radius 1 is 1.15 bits per heavy atom. The standard InChI is InChI=1S/C28H41N3O3/c1-6-22(4)31(27(32)20-30(16-14-21(2)3)28(33)24-12-13-24)19-25-10-8-15-29(25)18-23-9-7-11-26(17-23)34-5/h7-11,15,17,21-22,24H,6,12-14,16,18-20H2,1-5H3. The molecule has 1 aromatic heterocycles. The Balaban J connectivity index is 1.73. The van der Waals surface area contributed by atoms with Crippen molar-refractivity contribution < 1.29 is 14.3 Å². The summed E-state index contributed by atoms with van der Waals surface area (Å²) in [6, 6.07) is 12.3. The molecule has 2 amide bonds. The second kappa shape index (κ2) is 12.1. The van der Waals surface area contributed by atoms with E-state index in [1.54, 1.807) is 7.11 Å². The molecule has 1 aliphatic carbocycles. The van der Waals surface area contributed by atoms with Crippen LogP contribution in [0.5, 0.6) is 5.75 Å². The van der Waals surface area contributed by atoms with Gasteiger partial charge in [0.15, 0.2) is 0 Å². The Morgan fingerprint density at radius 3 is 2.56 bits per heavy atom. The third kappa shape index (κ3) is 7.12. The highest BCUT2D eigenvalue weighted by Crippen LogP contribution is 2.31. The van der Waals surface area contributed by atoms with E-state index in [0.29, 0.717) is 25.6 Å². The second-order valence-corrected chi connectivity index (χ2v) is 9.97. The van der Waals surface area contributed by atoms with Gasteiger partial charge in [0.25, 0.3) is 0 Å². The molecule has 6 heteroatoms. The van der Waals surface area contributed by atoms with Crippen molar-refractivity contribution in [1.29, 1.82) is 0 Å². The summed E-state index contributed by atoms with van der Waals surface area (Å²) in [5, 5.41) is 0. The lowest BCUT2D eigenvalue weighted by atomic mass is 10.1. The maximum atomic E-state index is 13.5. The number of aromatic nitrogens is 1. The lowest BCUT2D eigenvalue weighted by Gasteiger charge is -2.32. The predicted molar refractivity (Wildman–Crippen MR) is 136 cm³/mol. The Labute approximate surface area is 204 Å². The van der Waals surface area contributed by atoms with Gasteiger partial charge < -0.3 is 19.1 Å². The number of methoxy groups -OCH3 is 1. The van der Waals surface area contributed by atoms with Gasteiger partial charge in [0.1, 0.15) is 5.75 Å². The van der Waals surface area contributed by atoms with Gasteiger partial charge in [-0.3, -0.25) is 9.59 Å². The molecule has 1 fully saturated rings. The molecule has 6 nitrogen and oxygen atoms in total. The number of rotatable bonds is 13. The molecule has 1 aliphatic rings. The average molecular weight is 468 g/mol. The Kier molecular flexibility index (Phi) is 9.20. The quantitative estimate of drug-likeness (QED) is 0.419. The number of carbonyl (C=O) groups is 2. The van der Waals surface area contributed by atoms with Gasteiger partial charge in [-0.15, -0.1) is 0 Å². The van der Waals surface area contributed by atoms with Gasteiger partial charge in [-0.25, -0.2) is 0 Å². The third-order valence-electron chi connectivity index (χ3n) is 6.73. The number of carbonyl (C=O) groups excluding carboxylic acids is 2. The molecule has 1 atom stereocenters. The molecule has 1 saturated carbocycles. The van der Waals surface area contributed by atoms with E-state index in [1.807, 2.05) is 34.1 Å². The van der Waals surface area contributed by atoms with Gasteiger partial charge in [-0.1, -0.05) is 32.9 Å². The largest absolute Gasteiger partial charge is 0.497 e. The third-order valence-corrected chi connectivity index (χ3v) is 6.73. The fourth-order valence-corrected chi connectivity index (χ4v) is 4.12. The van der Waals surface area contributed by atoms with Crippen molar-refractivity contribution >= 4 is 11.8 Å². The molecular formula is C28H41N3O3. The van der Waals surface area contributed by atoms with E-state index in [-0.39, 0.29) is 30.3 Å². The molecule has 34 heavy (non-hydrogen) atoms. The van der Waals surface area contributed by atoms with Crippen molar-refractivity contribution in [2.75, 3.05) is 20.2 Å². The Morgan fingerprint density at radius 2 is 1.91 bits per heavy atom. The van der Waals surface area contributed by atoms with Gasteiger partial charge in [-0.2, -0.15) is 0 Å². The van der Waals surface area contributed by atoms with E-state index in [2.05, 4.69) is 50.6 Å². The number of hydrogen-bond donors (Lipinski definition) is 0. The van der Waals surface area contributed by atoms with E-state index in [0.717, 1.165) is 42.7 Å². The smallest absolute Gasteiger partial charge is 0.242 e. The second-order valence-electron chi connectivity index (χ2n) is 9.97. The first-order chi connectivity index (χ1) is 16.3. The van der Waals surface area contributed by atoms with Crippen LogP contribution >= 0.6 is 0 Å². The summed E-state index contributed by atoms with van der Waals surface area (Å²) in [5.74, 6) is 1.64. The average Bonchev–Trinajstić information content (AvgIpc) is 3.59. The van der Waals surface area contributed by atoms with Crippen LogP contribution in [0, 0.1) is 11.8 Å². The summed E-state index contributed by atoms with van der Waals surface area (Å²) in [6.45, 7) is 10.6. The highest BCUT2D eigenvalue weighted by Gasteiger charge is 2.35. The van der Waals surface area contributed by atoms with Crippen molar-refractivity contribution in [1.82, 2.24) is 14.4 Å². The fourth-order valence-electron chi connectivity index (χ4n) is 4.12. The van der Waals surface area contributed by atoms with Crippen LogP contribution in [-0.2, 0) is 22.7 Å². The van der Waals surface area contributed by atoms with Crippen molar-refractivity contribution in [3.05, 3.63) is 53.9 Å². The van der Waals surface area contributed by atoms with E-state index in [9.17, 15) is 9.59 Å². The molecule has 0 saturated heterocycles. The maximum absolute atomic E-state index is 13.5. The van der Waals surface area contributed by atoms with Crippen LogP contribution in [0.2, 0.25) is 0 Å². The first-order valence-corrected chi connectivity index (χ1v) is 12.7. The predicted octanol–water partition coefficient (Wildman–Crippen LogP) is 4.96. The number of nitrogens with zero attached hydrogens (tertiary/aromatic N) is 3. The van der Waals surface area contributed by atoms with Gasteiger partial charge in [0, 0.05) is 36.9 Å². The highest BCUT2D eigenvalue weighted by atomic mass is 16.5. The topological polar surface area (TPSA) is 54.8 Å². The zero-order valence-electron chi connectivity index (χ0n) is 21.5. The van der Waals surface area contributed by atoms with Gasteiger partial charge >= 0.3 is 0 Å². The minimum absolute atomic E-state index is 0.0289. The summed E-state index contributed by atoms with van der Waals surface area (Å²) in [5.41, 5.74) is 2.23. The summed E-state index contributed by atoms with van der Waals surface area (Å²) in [4.78, 5) is 30.2. The zero-order chi connectivity index (χ0) is 24.7. The SMILES string of the molecule is CCC(C)N(Cc1cccn1Cc1cccc(OC)c1)C(=O)CN(CCC(C)C)C(=O)C1CC1. The summed E-state index contributed by atoms with van der Waals surface area (Å²) >= 11 is 0. The molecule has 0 aliphatic heterocycles. The summed E-state index contributed by atoms with van der Waals surface area (Å²) in [7, 11) is 1.67. The van der Waals surface area contributed by atoms with Crippen LogP contribution in [-0.4, -0.2) is 52.4 Å². The summed E-state index contributed by atoms with van der Waals surface area (Å²) < 4.78 is 7.55. The van der Waals surface area contributed by atoms with Crippen molar-refractivity contribution in [3.63, 3.8) is 0 Å². The normalized spacial score (nSPS) is 14.2. The molecule has 2 aromatic rings. The van der Waals surface area contributed by atoms with Crippen molar-refractivity contribution in [2.24, 2.45) is 11.8 Å². The monoisotopic (exact) mass is 467 g/mol. The van der Waals surface area contributed by atoms with Crippen LogP contribution in [0.15, 0.2) is 42.6 Å². The molecule has 0 N–H and O–H groups in total. The van der Waals surface area contributed by atoms with Gasteiger partial charge in [0.05, 0.1) is 20.2 Å². The molecule has 186 valence electrons. The molecule has 0 bridgehead atoms. The first kappa shape index (κ1) is 25.9. The fraction of sp³-hybridized carbons (Fsp3) is 0.571. The number of ether oxygens (including phenoxy) is 1. The zero-order valence-corrected chi connectivity index (χ0v) is 21.5. The number of benzene rings is 1. The Bertz CT molecular complexity index is 948. The molecule has 1 unspecified atom stereocenters. The van der Waals surface area contributed by atoms with E-state index in [4.69, 9.17) is 4.74 Å². The van der Waals surface area contributed by atoms with Crippen LogP contribution in [0.25, 0.3) is 0 Å². The Hall–Kier alpha value is -2.76. The lowest BCUT2D eigenvalue weighted by molar-refractivity contribution is -0.143. The molecule has 0 radical (unpaired) electrons. The van der Waals surface area contributed by atoms with E-state index >= 15 is 0 Å². The van der Waals surface area contributed by atoms with Gasteiger partial charge in [-0.05, 0) is 68.4 Å².